The minimum Gasteiger partial charge on any atom is -0.297 e. The van der Waals surface area contributed by atoms with Crippen LogP contribution < -0.4 is 0 Å². The zero-order valence-electron chi connectivity index (χ0n) is 13.4. The molecule has 4 heteroatoms. The zero-order valence-corrected chi connectivity index (χ0v) is 14.2. The van der Waals surface area contributed by atoms with Crippen LogP contribution >= 0.6 is 11.6 Å². The predicted octanol–water partition coefficient (Wildman–Crippen LogP) is 4.11. The molecule has 1 aliphatic heterocycles. The summed E-state index contributed by atoms with van der Waals surface area (Å²) in [5.41, 5.74) is 3.67. The van der Waals surface area contributed by atoms with Crippen LogP contribution in [0.1, 0.15) is 16.7 Å². The number of nitrogens with zero attached hydrogens (tertiary/aromatic N) is 2. The molecule has 0 unspecified atom stereocenters. The van der Waals surface area contributed by atoms with E-state index >= 15 is 0 Å². The average molecular weight is 333 g/mol. The van der Waals surface area contributed by atoms with E-state index in [4.69, 9.17) is 11.6 Å². The number of aryl methyl sites for hydroxylation is 1. The molecule has 0 radical (unpaired) electrons. The lowest BCUT2D eigenvalue weighted by atomic mass is 10.1. The van der Waals surface area contributed by atoms with Crippen LogP contribution in [0.2, 0.25) is 5.02 Å². The second-order valence-electron chi connectivity index (χ2n) is 6.27. The van der Waals surface area contributed by atoms with Crippen LogP contribution in [0.25, 0.3) is 0 Å². The predicted molar refractivity (Wildman–Crippen MR) is 93.1 cm³/mol. The fraction of sp³-hybridized carbons (Fsp3) is 0.368. The van der Waals surface area contributed by atoms with Gasteiger partial charge in [-0.3, -0.25) is 9.80 Å². The van der Waals surface area contributed by atoms with Crippen molar-refractivity contribution >= 4 is 11.6 Å². The molecule has 1 aliphatic rings. The maximum atomic E-state index is 13.1. The summed E-state index contributed by atoms with van der Waals surface area (Å²) in [6, 6.07) is 13.4. The quantitative estimate of drug-likeness (QED) is 0.831. The summed E-state index contributed by atoms with van der Waals surface area (Å²) < 4.78 is 13.1. The molecule has 122 valence electrons. The largest absolute Gasteiger partial charge is 0.297 e. The molecule has 2 aromatic rings. The molecule has 2 nitrogen and oxygen atoms in total. The van der Waals surface area contributed by atoms with Gasteiger partial charge in [-0.05, 0) is 30.2 Å². The summed E-state index contributed by atoms with van der Waals surface area (Å²) in [6.07, 6.45) is 0. The van der Waals surface area contributed by atoms with Crippen molar-refractivity contribution in [2.45, 2.75) is 20.0 Å². The van der Waals surface area contributed by atoms with Crippen LogP contribution in [-0.4, -0.2) is 36.0 Å². The van der Waals surface area contributed by atoms with Crippen LogP contribution in [0, 0.1) is 12.7 Å². The van der Waals surface area contributed by atoms with E-state index in [2.05, 4.69) is 41.0 Å². The maximum Gasteiger partial charge on any atom is 0.124 e. The Morgan fingerprint density at radius 1 is 0.913 bits per heavy atom. The van der Waals surface area contributed by atoms with Gasteiger partial charge in [0.15, 0.2) is 0 Å². The Hall–Kier alpha value is -1.42. The number of hydrogen-bond acceptors (Lipinski definition) is 2. The van der Waals surface area contributed by atoms with Crippen LogP contribution in [0.15, 0.2) is 42.5 Å². The van der Waals surface area contributed by atoms with Crippen molar-refractivity contribution in [3.05, 3.63) is 70.0 Å². The first-order valence-electron chi connectivity index (χ1n) is 8.04. The maximum absolute atomic E-state index is 13.1. The first kappa shape index (κ1) is 16.4. The summed E-state index contributed by atoms with van der Waals surface area (Å²) in [5.74, 6) is -0.276. The van der Waals surface area contributed by atoms with E-state index in [9.17, 15) is 4.39 Å². The zero-order chi connectivity index (χ0) is 16.2. The van der Waals surface area contributed by atoms with Gasteiger partial charge in [0.05, 0.1) is 0 Å². The lowest BCUT2D eigenvalue weighted by molar-refractivity contribution is 0.122. The first-order chi connectivity index (χ1) is 11.1. The Morgan fingerprint density at radius 2 is 1.52 bits per heavy atom. The smallest absolute Gasteiger partial charge is 0.124 e. The Bertz CT molecular complexity index is 649. The highest BCUT2D eigenvalue weighted by atomic mass is 35.5. The molecule has 2 aromatic carbocycles. The molecule has 1 heterocycles. The van der Waals surface area contributed by atoms with E-state index in [0.717, 1.165) is 44.8 Å². The normalized spacial score (nSPS) is 16.7. The molecular weight excluding hydrogens is 311 g/mol. The molecule has 0 N–H and O–H groups in total. The van der Waals surface area contributed by atoms with E-state index in [0.29, 0.717) is 5.02 Å². The number of hydrogen-bond donors (Lipinski definition) is 0. The molecule has 0 atom stereocenters. The molecule has 0 spiro atoms. The van der Waals surface area contributed by atoms with Crippen molar-refractivity contribution in [3.8, 4) is 0 Å². The van der Waals surface area contributed by atoms with Crippen molar-refractivity contribution in [1.82, 2.24) is 9.80 Å². The SMILES string of the molecule is Cc1ccc(CN2CCN(Cc3ccc(F)cc3Cl)CC2)cc1. The Labute approximate surface area is 142 Å². The lowest BCUT2D eigenvalue weighted by Crippen LogP contribution is -2.45. The standard InChI is InChI=1S/C19H22ClFN2/c1-15-2-4-16(5-3-15)13-22-8-10-23(11-9-22)14-17-6-7-18(21)12-19(17)20/h2-7,12H,8-11,13-14H2,1H3. The van der Waals surface area contributed by atoms with Crippen LogP contribution in [0.5, 0.6) is 0 Å². The molecular formula is C19H22ClFN2. The summed E-state index contributed by atoms with van der Waals surface area (Å²) in [6.45, 7) is 8.03. The van der Waals surface area contributed by atoms with Gasteiger partial charge in [-0.25, -0.2) is 4.39 Å². The van der Waals surface area contributed by atoms with E-state index in [1.807, 2.05) is 0 Å². The number of halogens is 2. The third-order valence-corrected chi connectivity index (χ3v) is 4.75. The van der Waals surface area contributed by atoms with Crippen molar-refractivity contribution in [2.75, 3.05) is 26.2 Å². The molecule has 0 amide bonds. The van der Waals surface area contributed by atoms with Gasteiger partial charge in [0.2, 0.25) is 0 Å². The van der Waals surface area contributed by atoms with E-state index in [-0.39, 0.29) is 5.82 Å². The second-order valence-corrected chi connectivity index (χ2v) is 6.68. The van der Waals surface area contributed by atoms with Crippen LogP contribution in [0.4, 0.5) is 4.39 Å². The van der Waals surface area contributed by atoms with Gasteiger partial charge < -0.3 is 0 Å². The summed E-state index contributed by atoms with van der Waals surface area (Å²) in [4.78, 5) is 4.86. The van der Waals surface area contributed by atoms with Crippen molar-refractivity contribution in [1.29, 1.82) is 0 Å². The van der Waals surface area contributed by atoms with Gasteiger partial charge in [-0.1, -0.05) is 47.5 Å². The topological polar surface area (TPSA) is 6.48 Å². The van der Waals surface area contributed by atoms with Crippen LogP contribution in [-0.2, 0) is 13.1 Å². The number of piperazine rings is 1. The van der Waals surface area contributed by atoms with Gasteiger partial charge in [-0.2, -0.15) is 0 Å². The summed E-state index contributed by atoms with van der Waals surface area (Å²) in [5, 5.41) is 0.520. The molecule has 3 rings (SSSR count). The minimum atomic E-state index is -0.276. The Kier molecular flexibility index (Phi) is 5.31. The minimum absolute atomic E-state index is 0.276. The Balaban J connectivity index is 1.51. The number of benzene rings is 2. The van der Waals surface area contributed by atoms with Crippen LogP contribution in [0.3, 0.4) is 0 Å². The highest BCUT2D eigenvalue weighted by molar-refractivity contribution is 6.31. The average Bonchev–Trinajstić information content (AvgIpc) is 2.54. The number of rotatable bonds is 4. The molecule has 1 fully saturated rings. The molecule has 0 saturated carbocycles. The molecule has 0 aromatic heterocycles. The molecule has 0 bridgehead atoms. The fourth-order valence-corrected chi connectivity index (χ4v) is 3.18. The lowest BCUT2D eigenvalue weighted by Gasteiger charge is -2.34. The van der Waals surface area contributed by atoms with Gasteiger partial charge >= 0.3 is 0 Å². The molecule has 23 heavy (non-hydrogen) atoms. The third-order valence-electron chi connectivity index (χ3n) is 4.40. The van der Waals surface area contributed by atoms with Crippen molar-refractivity contribution in [2.24, 2.45) is 0 Å². The summed E-state index contributed by atoms with van der Waals surface area (Å²) >= 11 is 6.12. The molecule has 0 aliphatic carbocycles. The summed E-state index contributed by atoms with van der Waals surface area (Å²) in [7, 11) is 0. The van der Waals surface area contributed by atoms with E-state index < -0.39 is 0 Å². The second kappa shape index (κ2) is 7.43. The van der Waals surface area contributed by atoms with Crippen molar-refractivity contribution in [3.63, 3.8) is 0 Å². The van der Waals surface area contributed by atoms with Crippen molar-refractivity contribution < 1.29 is 4.39 Å². The van der Waals surface area contributed by atoms with Gasteiger partial charge in [0.25, 0.3) is 0 Å². The van der Waals surface area contributed by atoms with E-state index in [1.54, 1.807) is 6.07 Å². The monoisotopic (exact) mass is 332 g/mol. The van der Waals surface area contributed by atoms with Gasteiger partial charge in [0.1, 0.15) is 5.82 Å². The fourth-order valence-electron chi connectivity index (χ4n) is 2.95. The highest BCUT2D eigenvalue weighted by Gasteiger charge is 2.18. The third kappa shape index (κ3) is 4.54. The Morgan fingerprint density at radius 3 is 2.13 bits per heavy atom. The highest BCUT2D eigenvalue weighted by Crippen LogP contribution is 2.20. The van der Waals surface area contributed by atoms with E-state index in [1.165, 1.54) is 23.3 Å². The molecule has 1 saturated heterocycles. The van der Waals surface area contributed by atoms with Gasteiger partial charge in [-0.15, -0.1) is 0 Å². The first-order valence-corrected chi connectivity index (χ1v) is 8.42. The van der Waals surface area contributed by atoms with Gasteiger partial charge in [0, 0.05) is 44.3 Å².